The molecule has 1 aliphatic rings. The highest BCUT2D eigenvalue weighted by Crippen LogP contribution is 2.35. The molecule has 1 saturated heterocycles. The van der Waals surface area contributed by atoms with Gasteiger partial charge in [-0.1, -0.05) is 32.4 Å². The molecule has 0 aliphatic carbocycles. The summed E-state index contributed by atoms with van der Waals surface area (Å²) in [4.78, 5) is 6.55. The summed E-state index contributed by atoms with van der Waals surface area (Å²) >= 11 is 5.94. The number of rotatable bonds is 1. The summed E-state index contributed by atoms with van der Waals surface area (Å²) in [6, 6.07) is 5.54. The van der Waals surface area contributed by atoms with Crippen molar-refractivity contribution >= 4 is 17.4 Å². The van der Waals surface area contributed by atoms with Crippen molar-refractivity contribution in [2.75, 3.05) is 18.0 Å². The number of halogens is 1. The van der Waals surface area contributed by atoms with Crippen LogP contribution < -0.4 is 4.90 Å². The van der Waals surface area contributed by atoms with E-state index in [0.29, 0.717) is 22.0 Å². The molecule has 1 aromatic rings. The van der Waals surface area contributed by atoms with E-state index in [4.69, 9.17) is 16.9 Å². The zero-order chi connectivity index (χ0) is 13.3. The van der Waals surface area contributed by atoms with Crippen molar-refractivity contribution in [1.82, 2.24) is 4.98 Å². The van der Waals surface area contributed by atoms with Crippen LogP contribution in [0.1, 0.15) is 32.8 Å². The van der Waals surface area contributed by atoms with E-state index in [-0.39, 0.29) is 0 Å². The molecule has 2 rings (SSSR count). The second kappa shape index (κ2) is 4.78. The molecule has 0 spiro atoms. The van der Waals surface area contributed by atoms with Crippen LogP contribution >= 0.6 is 11.6 Å². The summed E-state index contributed by atoms with van der Waals surface area (Å²) in [5.41, 5.74) is 0.884. The Morgan fingerprint density at radius 3 is 2.72 bits per heavy atom. The summed E-state index contributed by atoms with van der Waals surface area (Å²) in [6.07, 6.45) is 1.17. The van der Waals surface area contributed by atoms with Crippen molar-refractivity contribution in [2.24, 2.45) is 11.3 Å². The largest absolute Gasteiger partial charge is 0.356 e. The molecule has 1 unspecified atom stereocenters. The van der Waals surface area contributed by atoms with Crippen LogP contribution in [0.2, 0.25) is 5.15 Å². The average molecular weight is 264 g/mol. The molecule has 4 heteroatoms. The Hall–Kier alpha value is -1.27. The monoisotopic (exact) mass is 263 g/mol. The van der Waals surface area contributed by atoms with Gasteiger partial charge in [0.15, 0.2) is 0 Å². The minimum atomic E-state index is 0.311. The predicted molar refractivity (Wildman–Crippen MR) is 73.7 cm³/mol. The molecule has 1 fully saturated rings. The minimum Gasteiger partial charge on any atom is -0.356 e. The number of pyridine rings is 1. The summed E-state index contributed by atoms with van der Waals surface area (Å²) in [7, 11) is 0. The van der Waals surface area contributed by atoms with E-state index in [1.807, 2.05) is 6.07 Å². The van der Waals surface area contributed by atoms with Crippen molar-refractivity contribution in [3.05, 3.63) is 22.8 Å². The Bertz CT molecular complexity index is 485. The highest BCUT2D eigenvalue weighted by molar-refractivity contribution is 6.29. The summed E-state index contributed by atoms with van der Waals surface area (Å²) in [5, 5.41) is 9.35. The number of hydrogen-bond acceptors (Lipinski definition) is 3. The predicted octanol–water partition coefficient (Wildman–Crippen LogP) is 3.48. The van der Waals surface area contributed by atoms with Crippen LogP contribution in [-0.4, -0.2) is 18.1 Å². The van der Waals surface area contributed by atoms with E-state index in [1.54, 1.807) is 6.07 Å². The van der Waals surface area contributed by atoms with Gasteiger partial charge in [0.25, 0.3) is 0 Å². The van der Waals surface area contributed by atoms with E-state index in [2.05, 4.69) is 36.7 Å². The maximum Gasteiger partial charge on any atom is 0.132 e. The summed E-state index contributed by atoms with van der Waals surface area (Å²) in [6.45, 7) is 8.79. The van der Waals surface area contributed by atoms with Crippen molar-refractivity contribution in [1.29, 1.82) is 5.26 Å². The molecular weight excluding hydrogens is 246 g/mol. The van der Waals surface area contributed by atoms with Crippen molar-refractivity contribution in [3.8, 4) is 6.07 Å². The van der Waals surface area contributed by atoms with Crippen molar-refractivity contribution in [2.45, 2.75) is 27.2 Å². The van der Waals surface area contributed by atoms with E-state index < -0.39 is 0 Å². The second-order valence-corrected chi connectivity index (χ2v) is 6.33. The maximum atomic E-state index is 8.96. The quantitative estimate of drug-likeness (QED) is 0.729. The van der Waals surface area contributed by atoms with Gasteiger partial charge in [-0.05, 0) is 29.9 Å². The second-order valence-electron chi connectivity index (χ2n) is 5.95. The summed E-state index contributed by atoms with van der Waals surface area (Å²) < 4.78 is 0. The van der Waals surface area contributed by atoms with Gasteiger partial charge in [0.1, 0.15) is 11.0 Å². The van der Waals surface area contributed by atoms with E-state index in [0.717, 1.165) is 18.9 Å². The number of hydrogen-bond donors (Lipinski definition) is 0. The fourth-order valence-corrected chi connectivity index (χ4v) is 2.59. The van der Waals surface area contributed by atoms with Gasteiger partial charge < -0.3 is 4.90 Å². The first kappa shape index (κ1) is 13.2. The first-order chi connectivity index (χ1) is 8.40. The third-order valence-electron chi connectivity index (χ3n) is 3.65. The molecule has 96 valence electrons. The third kappa shape index (κ3) is 2.76. The normalized spacial score (nSPS) is 19.9. The van der Waals surface area contributed by atoms with Crippen molar-refractivity contribution < 1.29 is 0 Å². The number of anilines is 1. The van der Waals surface area contributed by atoms with Gasteiger partial charge in [-0.2, -0.15) is 5.26 Å². The fraction of sp³-hybridized carbons (Fsp3) is 0.571. The topological polar surface area (TPSA) is 39.9 Å². The van der Waals surface area contributed by atoms with E-state index >= 15 is 0 Å². The third-order valence-corrected chi connectivity index (χ3v) is 3.84. The molecule has 0 aromatic carbocycles. The standard InChI is InChI=1S/C14H18ClN3/c1-14(2,3)11-4-5-18(9-11)13-7-10(8-16)6-12(15)17-13/h6-7,11H,4-5,9H2,1-3H3. The molecule has 0 amide bonds. The molecule has 3 nitrogen and oxygen atoms in total. The first-order valence-corrected chi connectivity index (χ1v) is 6.60. The average Bonchev–Trinajstić information content (AvgIpc) is 2.77. The molecule has 1 aliphatic heterocycles. The molecule has 0 radical (unpaired) electrons. The van der Waals surface area contributed by atoms with Crippen LogP contribution in [-0.2, 0) is 0 Å². The highest BCUT2D eigenvalue weighted by Gasteiger charge is 2.32. The molecule has 0 saturated carbocycles. The van der Waals surface area contributed by atoms with Gasteiger partial charge in [0.05, 0.1) is 11.6 Å². The Morgan fingerprint density at radius 2 is 2.17 bits per heavy atom. The fourth-order valence-electron chi connectivity index (χ4n) is 2.38. The Balaban J connectivity index is 2.20. The lowest BCUT2D eigenvalue weighted by molar-refractivity contribution is 0.263. The maximum absolute atomic E-state index is 8.96. The lowest BCUT2D eigenvalue weighted by Crippen LogP contribution is -2.26. The molecule has 1 atom stereocenters. The lowest BCUT2D eigenvalue weighted by atomic mass is 9.80. The highest BCUT2D eigenvalue weighted by atomic mass is 35.5. The molecule has 0 bridgehead atoms. The van der Waals surface area contributed by atoms with Crippen LogP contribution in [0.4, 0.5) is 5.82 Å². The van der Waals surface area contributed by atoms with Crippen LogP contribution in [0, 0.1) is 22.7 Å². The summed E-state index contributed by atoms with van der Waals surface area (Å²) in [5.74, 6) is 1.48. The van der Waals surface area contributed by atoms with Crippen LogP contribution in [0.15, 0.2) is 12.1 Å². The molecule has 1 aromatic heterocycles. The number of nitrogens with zero attached hydrogens (tertiary/aromatic N) is 3. The number of nitriles is 1. The van der Waals surface area contributed by atoms with Gasteiger partial charge in [-0.3, -0.25) is 0 Å². The lowest BCUT2D eigenvalue weighted by Gasteiger charge is -2.27. The van der Waals surface area contributed by atoms with Gasteiger partial charge in [0, 0.05) is 13.1 Å². The molecule has 18 heavy (non-hydrogen) atoms. The minimum absolute atomic E-state index is 0.311. The van der Waals surface area contributed by atoms with E-state index in [9.17, 15) is 0 Å². The van der Waals surface area contributed by atoms with Gasteiger partial charge in [-0.25, -0.2) is 4.98 Å². The Morgan fingerprint density at radius 1 is 1.44 bits per heavy atom. The number of aromatic nitrogens is 1. The van der Waals surface area contributed by atoms with E-state index in [1.165, 1.54) is 6.42 Å². The Labute approximate surface area is 113 Å². The molecule has 0 N–H and O–H groups in total. The zero-order valence-electron chi connectivity index (χ0n) is 11.1. The Kier molecular flexibility index (Phi) is 3.49. The smallest absolute Gasteiger partial charge is 0.132 e. The van der Waals surface area contributed by atoms with Gasteiger partial charge >= 0.3 is 0 Å². The molecular formula is C14H18ClN3. The SMILES string of the molecule is CC(C)(C)C1CCN(c2cc(C#N)cc(Cl)n2)C1. The van der Waals surface area contributed by atoms with Crippen LogP contribution in [0.5, 0.6) is 0 Å². The van der Waals surface area contributed by atoms with Crippen molar-refractivity contribution in [3.63, 3.8) is 0 Å². The van der Waals surface area contributed by atoms with Crippen LogP contribution in [0.25, 0.3) is 0 Å². The first-order valence-electron chi connectivity index (χ1n) is 6.23. The zero-order valence-corrected chi connectivity index (χ0v) is 11.8. The van der Waals surface area contributed by atoms with Gasteiger partial charge in [0.2, 0.25) is 0 Å². The van der Waals surface area contributed by atoms with Crippen LogP contribution in [0.3, 0.4) is 0 Å². The van der Waals surface area contributed by atoms with Gasteiger partial charge in [-0.15, -0.1) is 0 Å². The molecule has 2 heterocycles.